The molecule has 0 aliphatic heterocycles. The maximum atomic E-state index is 13.8. The van der Waals surface area contributed by atoms with Crippen LogP contribution < -0.4 is 10.1 Å². The van der Waals surface area contributed by atoms with Crippen LogP contribution in [0.15, 0.2) is 71.8 Å². The molecule has 0 fully saturated rings. The molecule has 3 N–H and O–H groups in total. The standard InChI is InChI=1S/C28H32FIN2O5/c1-18(2)14-26(34)32(12-10-19-6-5-7-21(29)15-19)23-16-20(28(36)31-11-13-33)17-25(27(23)35)37-24-9-4-3-8-22(24)30/h3-9,14-15,17,23,25,27,33,35H,10-13,16H2,1-2H3,(H,31,36). The molecule has 0 saturated heterocycles. The fourth-order valence-electron chi connectivity index (χ4n) is 4.18. The lowest BCUT2D eigenvalue weighted by Gasteiger charge is -2.40. The Balaban J connectivity index is 1.95. The van der Waals surface area contributed by atoms with Crippen molar-refractivity contribution in [3.8, 4) is 5.75 Å². The first kappa shape index (κ1) is 28.8. The summed E-state index contributed by atoms with van der Waals surface area (Å²) in [6.45, 7) is 3.67. The number of amides is 2. The lowest BCUT2D eigenvalue weighted by molar-refractivity contribution is -0.133. The topological polar surface area (TPSA) is 99.1 Å². The van der Waals surface area contributed by atoms with Crippen LogP contribution in [0.5, 0.6) is 5.75 Å². The van der Waals surface area contributed by atoms with Crippen molar-refractivity contribution in [3.63, 3.8) is 0 Å². The first-order valence-electron chi connectivity index (χ1n) is 12.1. The number of aliphatic hydroxyl groups excluding tert-OH is 2. The van der Waals surface area contributed by atoms with Crippen LogP contribution >= 0.6 is 22.6 Å². The highest BCUT2D eigenvalue weighted by atomic mass is 127. The Labute approximate surface area is 230 Å². The Bertz CT molecular complexity index is 1160. The van der Waals surface area contributed by atoms with Gasteiger partial charge >= 0.3 is 0 Å². The fourth-order valence-corrected chi connectivity index (χ4v) is 4.69. The number of halogens is 2. The van der Waals surface area contributed by atoms with Crippen molar-refractivity contribution in [2.45, 2.75) is 44.9 Å². The number of para-hydroxylation sites is 1. The molecular formula is C28H32FIN2O5. The molecule has 3 rings (SSSR count). The molecular weight excluding hydrogens is 590 g/mol. The summed E-state index contributed by atoms with van der Waals surface area (Å²) in [6, 6.07) is 12.7. The maximum Gasteiger partial charge on any atom is 0.247 e. The minimum atomic E-state index is -1.13. The summed E-state index contributed by atoms with van der Waals surface area (Å²) in [5.41, 5.74) is 1.85. The van der Waals surface area contributed by atoms with Gasteiger partial charge in [-0.25, -0.2) is 4.39 Å². The van der Waals surface area contributed by atoms with Crippen molar-refractivity contribution in [3.05, 3.63) is 86.8 Å². The summed E-state index contributed by atoms with van der Waals surface area (Å²) >= 11 is 2.13. The molecule has 198 valence electrons. The number of nitrogens with zero attached hydrogens (tertiary/aromatic N) is 1. The molecule has 9 heteroatoms. The van der Waals surface area contributed by atoms with E-state index < -0.39 is 24.2 Å². The summed E-state index contributed by atoms with van der Waals surface area (Å²) in [4.78, 5) is 27.7. The first-order valence-corrected chi connectivity index (χ1v) is 13.2. The number of rotatable bonds is 10. The molecule has 7 nitrogen and oxygen atoms in total. The molecule has 1 aliphatic carbocycles. The van der Waals surface area contributed by atoms with Gasteiger partial charge in [-0.3, -0.25) is 9.59 Å². The SMILES string of the molecule is CC(C)=CC(=O)N(CCc1cccc(F)c1)C1CC(C(=O)NCCO)=CC(Oc2ccccc2I)C1O. The summed E-state index contributed by atoms with van der Waals surface area (Å²) in [5.74, 6) is -0.539. The Morgan fingerprint density at radius 3 is 2.65 bits per heavy atom. The molecule has 2 amide bonds. The molecule has 0 aromatic heterocycles. The average Bonchev–Trinajstić information content (AvgIpc) is 2.85. The Morgan fingerprint density at radius 1 is 1.22 bits per heavy atom. The number of nitrogens with one attached hydrogen (secondary N) is 1. The van der Waals surface area contributed by atoms with Gasteiger partial charge in [-0.15, -0.1) is 0 Å². The summed E-state index contributed by atoms with van der Waals surface area (Å²) < 4.78 is 20.7. The second-order valence-electron chi connectivity index (χ2n) is 9.08. The van der Waals surface area contributed by atoms with Gasteiger partial charge in [0, 0.05) is 31.2 Å². The van der Waals surface area contributed by atoms with E-state index in [4.69, 9.17) is 9.84 Å². The third-order valence-corrected chi connectivity index (χ3v) is 6.83. The van der Waals surface area contributed by atoms with E-state index in [-0.39, 0.29) is 37.8 Å². The Hall–Kier alpha value is -2.76. The van der Waals surface area contributed by atoms with E-state index in [9.17, 15) is 19.1 Å². The molecule has 0 saturated carbocycles. The van der Waals surface area contributed by atoms with Crippen molar-refractivity contribution in [1.29, 1.82) is 0 Å². The largest absolute Gasteiger partial charge is 0.482 e. The number of carbonyl (C=O) groups excluding carboxylic acids is 2. The normalized spacial score (nSPS) is 19.0. The van der Waals surface area contributed by atoms with Crippen LogP contribution in [-0.4, -0.2) is 64.9 Å². The number of aliphatic hydroxyl groups is 2. The van der Waals surface area contributed by atoms with Gasteiger partial charge in [-0.2, -0.15) is 0 Å². The maximum absolute atomic E-state index is 13.8. The van der Waals surface area contributed by atoms with Crippen LogP contribution in [0.4, 0.5) is 4.39 Å². The lowest BCUT2D eigenvalue weighted by atomic mass is 9.87. The van der Waals surface area contributed by atoms with Crippen molar-refractivity contribution in [2.75, 3.05) is 19.7 Å². The number of allylic oxidation sites excluding steroid dienone is 1. The van der Waals surface area contributed by atoms with E-state index in [1.807, 2.05) is 18.2 Å². The van der Waals surface area contributed by atoms with Crippen molar-refractivity contribution in [1.82, 2.24) is 10.2 Å². The van der Waals surface area contributed by atoms with Crippen LogP contribution in [0.2, 0.25) is 0 Å². The minimum absolute atomic E-state index is 0.0749. The van der Waals surface area contributed by atoms with E-state index in [1.54, 1.807) is 38.1 Å². The van der Waals surface area contributed by atoms with E-state index in [2.05, 4.69) is 27.9 Å². The molecule has 0 radical (unpaired) electrons. The summed E-state index contributed by atoms with van der Waals surface area (Å²) in [6.07, 6.45) is 1.48. The summed E-state index contributed by atoms with van der Waals surface area (Å²) in [5, 5.41) is 23.2. The van der Waals surface area contributed by atoms with Crippen LogP contribution in [0.25, 0.3) is 0 Å². The summed E-state index contributed by atoms with van der Waals surface area (Å²) in [7, 11) is 0. The third kappa shape index (κ3) is 8.11. The number of hydrogen-bond acceptors (Lipinski definition) is 5. The molecule has 37 heavy (non-hydrogen) atoms. The minimum Gasteiger partial charge on any atom is -0.482 e. The zero-order valence-corrected chi connectivity index (χ0v) is 23.0. The number of carbonyl (C=O) groups is 2. The van der Waals surface area contributed by atoms with E-state index >= 15 is 0 Å². The number of benzene rings is 2. The van der Waals surface area contributed by atoms with Gasteiger partial charge in [-0.05, 0) is 78.8 Å². The molecule has 2 aromatic rings. The van der Waals surface area contributed by atoms with Crippen LogP contribution in [0, 0.1) is 9.39 Å². The highest BCUT2D eigenvalue weighted by molar-refractivity contribution is 14.1. The zero-order valence-electron chi connectivity index (χ0n) is 20.9. The first-order chi connectivity index (χ1) is 17.7. The molecule has 3 atom stereocenters. The van der Waals surface area contributed by atoms with Gasteiger partial charge in [0.05, 0.1) is 16.2 Å². The van der Waals surface area contributed by atoms with Crippen LogP contribution in [0.1, 0.15) is 25.8 Å². The molecule has 0 heterocycles. The third-order valence-electron chi connectivity index (χ3n) is 5.94. The van der Waals surface area contributed by atoms with Crippen molar-refractivity contribution >= 4 is 34.4 Å². The second kappa shape index (κ2) is 13.7. The number of hydrogen-bond donors (Lipinski definition) is 3. The van der Waals surface area contributed by atoms with E-state index in [0.717, 1.165) is 9.14 Å². The van der Waals surface area contributed by atoms with Crippen molar-refractivity contribution < 1.29 is 28.9 Å². The van der Waals surface area contributed by atoms with Crippen LogP contribution in [0.3, 0.4) is 0 Å². The Morgan fingerprint density at radius 2 is 1.97 bits per heavy atom. The predicted molar refractivity (Wildman–Crippen MR) is 147 cm³/mol. The van der Waals surface area contributed by atoms with Gasteiger partial charge in [0.25, 0.3) is 0 Å². The van der Waals surface area contributed by atoms with E-state index in [0.29, 0.717) is 23.3 Å². The van der Waals surface area contributed by atoms with Gasteiger partial charge in [0.1, 0.15) is 23.8 Å². The fraction of sp³-hybridized carbons (Fsp3) is 0.357. The van der Waals surface area contributed by atoms with Crippen molar-refractivity contribution in [2.24, 2.45) is 0 Å². The van der Waals surface area contributed by atoms with E-state index in [1.165, 1.54) is 23.1 Å². The van der Waals surface area contributed by atoms with Gasteiger partial charge in [0.15, 0.2) is 0 Å². The zero-order chi connectivity index (χ0) is 26.9. The highest BCUT2D eigenvalue weighted by Crippen LogP contribution is 2.30. The van der Waals surface area contributed by atoms with Gasteiger partial charge in [0.2, 0.25) is 11.8 Å². The molecule has 0 bridgehead atoms. The molecule has 3 unspecified atom stereocenters. The predicted octanol–water partition coefficient (Wildman–Crippen LogP) is 3.38. The monoisotopic (exact) mass is 622 g/mol. The van der Waals surface area contributed by atoms with Gasteiger partial charge in [-0.1, -0.05) is 29.8 Å². The lowest BCUT2D eigenvalue weighted by Crippen LogP contribution is -2.55. The second-order valence-corrected chi connectivity index (χ2v) is 10.2. The van der Waals surface area contributed by atoms with Gasteiger partial charge < -0.3 is 25.2 Å². The highest BCUT2D eigenvalue weighted by Gasteiger charge is 2.40. The molecule has 0 spiro atoms. The molecule has 1 aliphatic rings. The molecule has 2 aromatic carbocycles. The number of ether oxygens (including phenoxy) is 1. The average molecular weight is 622 g/mol. The smallest absolute Gasteiger partial charge is 0.247 e. The van der Waals surface area contributed by atoms with Crippen LogP contribution in [-0.2, 0) is 16.0 Å². The Kier molecular flexibility index (Phi) is 10.7. The quantitative estimate of drug-likeness (QED) is 0.279.